The second-order valence-corrected chi connectivity index (χ2v) is 10.0. The lowest BCUT2D eigenvalue weighted by molar-refractivity contribution is -0.118. The summed E-state index contributed by atoms with van der Waals surface area (Å²) in [6.45, 7) is 1.23. The highest BCUT2D eigenvalue weighted by molar-refractivity contribution is 8.15. The van der Waals surface area contributed by atoms with Gasteiger partial charge in [-0.1, -0.05) is 47.4 Å². The van der Waals surface area contributed by atoms with E-state index in [0.717, 1.165) is 52.1 Å². The summed E-state index contributed by atoms with van der Waals surface area (Å²) in [7, 11) is 0. The van der Waals surface area contributed by atoms with Crippen LogP contribution in [0.4, 0.5) is 9.93 Å². The van der Waals surface area contributed by atoms with Gasteiger partial charge >= 0.3 is 5.97 Å². The fraction of sp³-hybridized carbons (Fsp3) is 0.304. The number of benzene rings is 2. The number of esters is 1. The van der Waals surface area contributed by atoms with E-state index in [1.165, 1.54) is 0 Å². The Bertz CT molecular complexity index is 1140. The van der Waals surface area contributed by atoms with Gasteiger partial charge in [-0.05, 0) is 49.1 Å². The van der Waals surface area contributed by atoms with Crippen molar-refractivity contribution in [3.8, 4) is 0 Å². The Kier molecular flexibility index (Phi) is 5.84. The maximum absolute atomic E-state index is 12.6. The van der Waals surface area contributed by atoms with Gasteiger partial charge in [-0.2, -0.15) is 0 Å². The van der Waals surface area contributed by atoms with Gasteiger partial charge in [-0.25, -0.2) is 9.78 Å². The number of thioether (sulfide) groups is 1. The number of anilines is 1. The molecule has 0 aliphatic carbocycles. The molecule has 2 aromatic carbocycles. The minimum Gasteiger partial charge on any atom is -0.460 e. The lowest BCUT2D eigenvalue weighted by Crippen LogP contribution is -2.33. The number of imide groups is 1. The zero-order valence-electron chi connectivity index (χ0n) is 17.2. The van der Waals surface area contributed by atoms with Crippen molar-refractivity contribution in [2.45, 2.75) is 30.6 Å². The fourth-order valence-corrected chi connectivity index (χ4v) is 5.94. The second-order valence-electron chi connectivity index (χ2n) is 7.84. The summed E-state index contributed by atoms with van der Waals surface area (Å²) in [5.41, 5.74) is 2.35. The summed E-state index contributed by atoms with van der Waals surface area (Å²) in [6, 6.07) is 15.2. The highest BCUT2D eigenvalue weighted by Gasteiger charge is 2.31. The van der Waals surface area contributed by atoms with E-state index >= 15 is 0 Å². The molecule has 2 atom stereocenters. The normalized spacial score (nSPS) is 20.7. The first kappa shape index (κ1) is 21.0. The molecule has 2 saturated heterocycles. The smallest absolute Gasteiger partial charge is 0.338 e. The minimum absolute atomic E-state index is 0.120. The van der Waals surface area contributed by atoms with Gasteiger partial charge in [0.05, 0.1) is 27.1 Å². The molecular weight excluding hydrogens is 446 g/mol. The number of amides is 2. The highest BCUT2D eigenvalue weighted by Crippen LogP contribution is 2.33. The number of carbonyl (C=O) groups excluding carboxylic acids is 3. The van der Waals surface area contributed by atoms with Crippen LogP contribution in [0, 0.1) is 0 Å². The van der Waals surface area contributed by atoms with Crippen molar-refractivity contribution in [3.05, 3.63) is 59.7 Å². The lowest BCUT2D eigenvalue weighted by Gasteiger charge is -2.23. The van der Waals surface area contributed by atoms with E-state index in [9.17, 15) is 14.4 Å². The summed E-state index contributed by atoms with van der Waals surface area (Å²) in [4.78, 5) is 42.6. The van der Waals surface area contributed by atoms with E-state index in [0.29, 0.717) is 18.6 Å². The molecule has 1 unspecified atom stereocenters. The maximum Gasteiger partial charge on any atom is 0.338 e. The molecule has 2 amide bonds. The molecule has 2 fully saturated rings. The topological polar surface area (TPSA) is 88.6 Å². The van der Waals surface area contributed by atoms with Gasteiger partial charge in [0.2, 0.25) is 5.91 Å². The average Bonchev–Trinajstić information content (AvgIpc) is 3.50. The van der Waals surface area contributed by atoms with Crippen LogP contribution >= 0.6 is 23.1 Å². The number of carbonyl (C=O) groups is 3. The van der Waals surface area contributed by atoms with E-state index in [4.69, 9.17) is 9.72 Å². The first-order valence-corrected chi connectivity index (χ1v) is 12.2. The monoisotopic (exact) mass is 467 g/mol. The van der Waals surface area contributed by atoms with E-state index in [-0.39, 0.29) is 23.2 Å². The van der Waals surface area contributed by atoms with Crippen molar-refractivity contribution in [1.82, 2.24) is 10.3 Å². The molecule has 164 valence electrons. The predicted octanol–water partition coefficient (Wildman–Crippen LogP) is 4.02. The highest BCUT2D eigenvalue weighted by atomic mass is 32.2. The maximum atomic E-state index is 12.6. The molecule has 5 rings (SSSR count). The number of nitrogens with one attached hydrogen (secondary N) is 1. The number of nitrogens with zero attached hydrogens (tertiary/aromatic N) is 2. The fourth-order valence-electron chi connectivity index (χ4n) is 4.02. The number of fused-ring (bicyclic) bond motifs is 1. The van der Waals surface area contributed by atoms with Crippen LogP contribution in [0.1, 0.15) is 28.8 Å². The van der Waals surface area contributed by atoms with Crippen LogP contribution in [-0.4, -0.2) is 46.5 Å². The van der Waals surface area contributed by atoms with Crippen molar-refractivity contribution < 1.29 is 19.1 Å². The van der Waals surface area contributed by atoms with E-state index in [1.807, 2.05) is 18.2 Å². The number of aromatic nitrogens is 1. The first-order valence-electron chi connectivity index (χ1n) is 10.5. The molecule has 1 N–H and O–H groups in total. The van der Waals surface area contributed by atoms with Gasteiger partial charge in [-0.3, -0.25) is 14.9 Å². The number of thiazole rings is 1. The van der Waals surface area contributed by atoms with Gasteiger partial charge in [0.25, 0.3) is 5.24 Å². The summed E-state index contributed by atoms with van der Waals surface area (Å²) < 4.78 is 6.78. The molecule has 2 aliphatic heterocycles. The Morgan fingerprint density at radius 2 is 1.97 bits per heavy atom. The van der Waals surface area contributed by atoms with Crippen LogP contribution in [0.3, 0.4) is 0 Å². The van der Waals surface area contributed by atoms with Crippen molar-refractivity contribution in [2.75, 3.05) is 18.1 Å². The van der Waals surface area contributed by atoms with Crippen molar-refractivity contribution in [2.24, 2.45) is 0 Å². The van der Waals surface area contributed by atoms with Crippen LogP contribution in [0.2, 0.25) is 0 Å². The summed E-state index contributed by atoms with van der Waals surface area (Å²) >= 11 is 2.67. The average molecular weight is 468 g/mol. The van der Waals surface area contributed by atoms with Gasteiger partial charge in [0.1, 0.15) is 6.61 Å². The molecular formula is C23H21N3O4S2. The minimum atomic E-state index is -0.420. The third-order valence-electron chi connectivity index (χ3n) is 5.69. The standard InChI is InChI=1S/C23H21N3O4S2/c27-20-19(32-23(29)25-20)12-14-7-9-15(10-8-14)21(28)30-13-16-4-3-11-26(16)22-24-17-5-1-2-6-18(17)31-22/h1-2,5-10,16,19H,3-4,11-13H2,(H,25,27,29)/t16-,19?/m0/s1. The van der Waals surface area contributed by atoms with Crippen LogP contribution in [0.25, 0.3) is 10.2 Å². The number of hydrogen-bond acceptors (Lipinski definition) is 8. The molecule has 9 heteroatoms. The van der Waals surface area contributed by atoms with Gasteiger partial charge < -0.3 is 9.64 Å². The zero-order chi connectivity index (χ0) is 22.1. The van der Waals surface area contributed by atoms with Crippen LogP contribution in [-0.2, 0) is 16.0 Å². The zero-order valence-corrected chi connectivity index (χ0v) is 18.8. The van der Waals surface area contributed by atoms with E-state index in [1.54, 1.807) is 35.6 Å². The third-order valence-corrected chi connectivity index (χ3v) is 7.74. The van der Waals surface area contributed by atoms with Crippen molar-refractivity contribution in [1.29, 1.82) is 0 Å². The van der Waals surface area contributed by atoms with E-state index in [2.05, 4.69) is 16.3 Å². The number of ether oxygens (including phenoxy) is 1. The van der Waals surface area contributed by atoms with Crippen LogP contribution < -0.4 is 10.2 Å². The quantitative estimate of drug-likeness (QED) is 0.548. The Balaban J connectivity index is 1.18. The predicted molar refractivity (Wildman–Crippen MR) is 125 cm³/mol. The summed E-state index contributed by atoms with van der Waals surface area (Å²) in [5, 5.41) is 2.53. The van der Waals surface area contributed by atoms with Crippen molar-refractivity contribution in [3.63, 3.8) is 0 Å². The summed E-state index contributed by atoms with van der Waals surface area (Å²) in [6.07, 6.45) is 2.45. The second kappa shape index (κ2) is 8.91. The van der Waals surface area contributed by atoms with Crippen LogP contribution in [0.5, 0.6) is 0 Å². The Hall–Kier alpha value is -2.91. The number of para-hydroxylation sites is 1. The Morgan fingerprint density at radius 1 is 1.16 bits per heavy atom. The molecule has 7 nitrogen and oxygen atoms in total. The van der Waals surface area contributed by atoms with E-state index < -0.39 is 5.25 Å². The Morgan fingerprint density at radius 3 is 2.72 bits per heavy atom. The van der Waals surface area contributed by atoms with Crippen molar-refractivity contribution >= 4 is 55.6 Å². The van der Waals surface area contributed by atoms with Gasteiger partial charge in [0.15, 0.2) is 5.13 Å². The Labute approximate surface area is 193 Å². The largest absolute Gasteiger partial charge is 0.460 e. The number of hydrogen-bond donors (Lipinski definition) is 1. The lowest BCUT2D eigenvalue weighted by atomic mass is 10.1. The first-order chi connectivity index (χ1) is 15.6. The summed E-state index contributed by atoms with van der Waals surface area (Å²) in [5.74, 6) is -0.631. The third kappa shape index (κ3) is 4.35. The molecule has 2 aliphatic rings. The SMILES string of the molecule is O=C1NC(=O)C(Cc2ccc(C(=O)OC[C@@H]3CCCN3c3nc4ccccc4s3)cc2)S1. The number of rotatable bonds is 6. The molecule has 3 aromatic rings. The molecule has 32 heavy (non-hydrogen) atoms. The molecule has 0 radical (unpaired) electrons. The molecule has 1 aromatic heterocycles. The molecule has 3 heterocycles. The molecule has 0 bridgehead atoms. The molecule has 0 spiro atoms. The molecule has 0 saturated carbocycles. The van der Waals surface area contributed by atoms with Crippen LogP contribution in [0.15, 0.2) is 48.5 Å². The van der Waals surface area contributed by atoms with Gasteiger partial charge in [0, 0.05) is 6.54 Å². The van der Waals surface area contributed by atoms with Gasteiger partial charge in [-0.15, -0.1) is 0 Å².